The summed E-state index contributed by atoms with van der Waals surface area (Å²) < 4.78 is 36.6. The summed E-state index contributed by atoms with van der Waals surface area (Å²) in [4.78, 5) is 78.0. The third-order valence-electron chi connectivity index (χ3n) is 10.6. The predicted molar refractivity (Wildman–Crippen MR) is 238 cm³/mol. The summed E-state index contributed by atoms with van der Waals surface area (Å²) in [6.45, 7) is 15.3. The molecule has 3 aromatic heterocycles. The zero-order chi connectivity index (χ0) is 48.3. The zero-order valence-electron chi connectivity index (χ0n) is 40.0. The standard InChI is InChI=1S/C45H71N9O12/c1-8-12-26-61-40(55)34-37(43(58)64-28-14-10-3)52(49-46-34)24-20-16-18-22-30-63-42(57)36-39(54(51-48-36)33(7)32(5)6)45(60)66-31-23-19-17-21-25-53-38(44(59)65-29-15-11-4)35(47-50-53)41(56)62-27-13-9-2/h32-33H,8-31H2,1-7H3. The molecule has 3 heterocycles. The van der Waals surface area contributed by atoms with Gasteiger partial charge in [0, 0.05) is 13.1 Å². The van der Waals surface area contributed by atoms with E-state index in [1.807, 2.05) is 48.5 Å². The number of aromatic nitrogens is 9. The Balaban J connectivity index is 1.50. The van der Waals surface area contributed by atoms with Gasteiger partial charge in [-0.25, -0.2) is 42.8 Å². The van der Waals surface area contributed by atoms with Gasteiger partial charge in [0.2, 0.25) is 17.1 Å². The summed E-state index contributed by atoms with van der Waals surface area (Å²) in [6.07, 6.45) is 11.0. The van der Waals surface area contributed by atoms with E-state index in [1.54, 1.807) is 0 Å². The van der Waals surface area contributed by atoms with Gasteiger partial charge in [0.15, 0.2) is 17.1 Å². The molecule has 0 N–H and O–H groups in total. The first-order valence-corrected chi connectivity index (χ1v) is 23.8. The Labute approximate surface area is 387 Å². The van der Waals surface area contributed by atoms with E-state index in [9.17, 15) is 28.8 Å². The van der Waals surface area contributed by atoms with Crippen LogP contribution in [0.15, 0.2) is 0 Å². The Morgan fingerprint density at radius 2 is 0.697 bits per heavy atom. The molecular weight excluding hydrogens is 859 g/mol. The molecule has 0 amide bonds. The van der Waals surface area contributed by atoms with Crippen molar-refractivity contribution in [3.8, 4) is 0 Å². The van der Waals surface area contributed by atoms with Gasteiger partial charge in [-0.1, -0.05) is 95.7 Å². The first-order chi connectivity index (χ1) is 31.9. The lowest BCUT2D eigenvalue weighted by molar-refractivity contribution is 0.0435. The largest absolute Gasteiger partial charge is 0.461 e. The first-order valence-electron chi connectivity index (χ1n) is 23.8. The number of ether oxygens (including phenoxy) is 6. The molecule has 0 aliphatic rings. The number of unbranched alkanes of at least 4 members (excludes halogenated alkanes) is 10. The second-order valence-electron chi connectivity index (χ2n) is 16.3. The van der Waals surface area contributed by atoms with Crippen molar-refractivity contribution in [2.24, 2.45) is 5.92 Å². The van der Waals surface area contributed by atoms with Gasteiger partial charge in [0.05, 0.1) is 45.7 Å². The zero-order valence-corrected chi connectivity index (χ0v) is 40.0. The van der Waals surface area contributed by atoms with Crippen LogP contribution in [0.25, 0.3) is 0 Å². The molecule has 0 saturated heterocycles. The number of aryl methyl sites for hydroxylation is 2. The van der Waals surface area contributed by atoms with Crippen molar-refractivity contribution in [3.63, 3.8) is 0 Å². The van der Waals surface area contributed by atoms with Gasteiger partial charge < -0.3 is 28.4 Å². The number of carbonyl (C=O) groups is 6. The second-order valence-corrected chi connectivity index (χ2v) is 16.3. The highest BCUT2D eigenvalue weighted by Crippen LogP contribution is 2.22. The molecule has 3 rings (SSSR count). The summed E-state index contributed by atoms with van der Waals surface area (Å²) in [5, 5.41) is 24.1. The summed E-state index contributed by atoms with van der Waals surface area (Å²) in [6, 6.07) is -0.280. The molecule has 0 saturated carbocycles. The van der Waals surface area contributed by atoms with Crippen LogP contribution in [-0.2, 0) is 41.5 Å². The van der Waals surface area contributed by atoms with Crippen LogP contribution in [0, 0.1) is 5.92 Å². The van der Waals surface area contributed by atoms with Crippen LogP contribution in [0.3, 0.4) is 0 Å². The monoisotopic (exact) mass is 930 g/mol. The van der Waals surface area contributed by atoms with E-state index in [-0.39, 0.29) is 85.8 Å². The van der Waals surface area contributed by atoms with Gasteiger partial charge in [0.25, 0.3) is 0 Å². The molecule has 368 valence electrons. The maximum Gasteiger partial charge on any atom is 0.361 e. The van der Waals surface area contributed by atoms with Crippen LogP contribution in [0.1, 0.15) is 220 Å². The molecule has 66 heavy (non-hydrogen) atoms. The van der Waals surface area contributed by atoms with Crippen LogP contribution in [-0.4, -0.2) is 120 Å². The van der Waals surface area contributed by atoms with Gasteiger partial charge >= 0.3 is 35.8 Å². The highest BCUT2D eigenvalue weighted by molar-refractivity contribution is 6.01. The van der Waals surface area contributed by atoms with Crippen LogP contribution in [0.4, 0.5) is 0 Å². The van der Waals surface area contributed by atoms with Crippen molar-refractivity contribution >= 4 is 35.8 Å². The average Bonchev–Trinajstić information content (AvgIpc) is 4.06. The van der Waals surface area contributed by atoms with Crippen molar-refractivity contribution < 1.29 is 57.2 Å². The Morgan fingerprint density at radius 3 is 1.06 bits per heavy atom. The van der Waals surface area contributed by atoms with Crippen molar-refractivity contribution in [1.29, 1.82) is 0 Å². The maximum absolute atomic E-state index is 13.5. The van der Waals surface area contributed by atoms with Crippen LogP contribution in [0.5, 0.6) is 0 Å². The minimum Gasteiger partial charge on any atom is -0.461 e. The van der Waals surface area contributed by atoms with Crippen molar-refractivity contribution in [1.82, 2.24) is 45.0 Å². The first kappa shape index (κ1) is 54.6. The summed E-state index contributed by atoms with van der Waals surface area (Å²) >= 11 is 0. The molecule has 0 bridgehead atoms. The number of carbonyl (C=O) groups excluding carboxylic acids is 6. The molecule has 0 aliphatic heterocycles. The lowest BCUT2D eigenvalue weighted by Gasteiger charge is -2.17. The molecule has 3 aromatic rings. The highest BCUT2D eigenvalue weighted by atomic mass is 16.6. The molecule has 21 heteroatoms. The number of hydrogen-bond donors (Lipinski definition) is 0. The van der Waals surface area contributed by atoms with Gasteiger partial charge in [-0.15, -0.1) is 15.3 Å². The van der Waals surface area contributed by atoms with Crippen LogP contribution in [0.2, 0.25) is 0 Å². The molecule has 0 aliphatic carbocycles. The predicted octanol–water partition coefficient (Wildman–Crippen LogP) is 7.34. The fraction of sp³-hybridized carbons (Fsp3) is 0.733. The van der Waals surface area contributed by atoms with E-state index in [0.29, 0.717) is 90.1 Å². The Kier molecular flexibility index (Phi) is 25.2. The molecule has 0 aromatic carbocycles. The van der Waals surface area contributed by atoms with E-state index in [1.165, 1.54) is 14.0 Å². The quantitative estimate of drug-likeness (QED) is 0.0322. The smallest absolute Gasteiger partial charge is 0.361 e. The molecule has 0 radical (unpaired) electrons. The fourth-order valence-corrected chi connectivity index (χ4v) is 6.22. The van der Waals surface area contributed by atoms with Gasteiger partial charge in [-0.3, -0.25) is 0 Å². The Bertz CT molecular complexity index is 1980. The molecule has 0 spiro atoms. The van der Waals surface area contributed by atoms with E-state index in [0.717, 1.165) is 25.7 Å². The second kappa shape index (κ2) is 30.4. The third-order valence-corrected chi connectivity index (χ3v) is 10.6. The molecule has 1 unspecified atom stereocenters. The van der Waals surface area contributed by atoms with Crippen LogP contribution >= 0.6 is 0 Å². The number of nitrogens with zero attached hydrogens (tertiary/aromatic N) is 9. The number of esters is 6. The van der Waals surface area contributed by atoms with Gasteiger partial charge in [0.1, 0.15) is 0 Å². The Morgan fingerprint density at radius 1 is 0.394 bits per heavy atom. The number of hydrogen-bond acceptors (Lipinski definition) is 18. The van der Waals surface area contributed by atoms with Crippen molar-refractivity contribution in [2.45, 2.75) is 170 Å². The topological polar surface area (TPSA) is 250 Å². The summed E-state index contributed by atoms with van der Waals surface area (Å²) in [5.74, 6) is -4.29. The lowest BCUT2D eigenvalue weighted by Crippen LogP contribution is -2.22. The van der Waals surface area contributed by atoms with Crippen molar-refractivity contribution in [2.75, 3.05) is 39.6 Å². The SMILES string of the molecule is CCCCOC(=O)c1nnn(CCCCCCOC(=O)c2nnn(C(C)C(C)C)c2C(=O)OCCCCCCn2nnc(C(=O)OCCCC)c2C(=O)OCCCC)c1C(=O)OCCCC. The lowest BCUT2D eigenvalue weighted by atomic mass is 10.1. The minimum absolute atomic E-state index is 0.0349. The fourth-order valence-electron chi connectivity index (χ4n) is 6.22. The molecule has 21 nitrogen and oxygen atoms in total. The van der Waals surface area contributed by atoms with Gasteiger partial charge in [-0.05, 0) is 77.0 Å². The van der Waals surface area contributed by atoms with E-state index in [4.69, 9.17) is 28.4 Å². The number of rotatable bonds is 34. The molecule has 0 fully saturated rings. The van der Waals surface area contributed by atoms with Gasteiger partial charge in [-0.2, -0.15) is 0 Å². The minimum atomic E-state index is -0.796. The highest BCUT2D eigenvalue weighted by Gasteiger charge is 2.32. The van der Waals surface area contributed by atoms with E-state index < -0.39 is 35.8 Å². The third kappa shape index (κ3) is 17.2. The summed E-state index contributed by atoms with van der Waals surface area (Å²) in [5.41, 5.74) is -0.724. The van der Waals surface area contributed by atoms with Crippen LogP contribution < -0.4 is 0 Å². The maximum atomic E-state index is 13.5. The normalized spacial score (nSPS) is 11.6. The molecule has 1 atom stereocenters. The molecular formula is C45H71N9O12. The van der Waals surface area contributed by atoms with E-state index >= 15 is 0 Å². The van der Waals surface area contributed by atoms with E-state index in [2.05, 4.69) is 30.9 Å². The Hall–Kier alpha value is -5.76. The van der Waals surface area contributed by atoms with Crippen molar-refractivity contribution in [3.05, 3.63) is 34.2 Å². The summed E-state index contributed by atoms with van der Waals surface area (Å²) in [7, 11) is 0. The average molecular weight is 930 g/mol.